The highest BCUT2D eigenvalue weighted by Gasteiger charge is 2.59. The lowest BCUT2D eigenvalue weighted by atomic mass is 10.1. The van der Waals surface area contributed by atoms with Crippen molar-refractivity contribution in [1.29, 1.82) is 0 Å². The fraction of sp³-hybridized carbons (Fsp3) is 0.364. The number of amides is 2. The Morgan fingerprint density at radius 2 is 1.73 bits per heavy atom. The summed E-state index contributed by atoms with van der Waals surface area (Å²) in [7, 11) is 5.04. The maximum absolute atomic E-state index is 13.4. The predicted octanol–water partition coefficient (Wildman–Crippen LogP) is 3.34. The predicted molar refractivity (Wildman–Crippen MR) is 119 cm³/mol. The van der Waals surface area contributed by atoms with Crippen molar-refractivity contribution in [2.24, 2.45) is 0 Å². The van der Waals surface area contributed by atoms with Crippen LogP contribution in [0.15, 0.2) is 54.6 Å². The Morgan fingerprint density at radius 1 is 1.03 bits per heavy atom. The highest BCUT2D eigenvalue weighted by Crippen LogP contribution is 2.56. The van der Waals surface area contributed by atoms with Gasteiger partial charge in [-0.3, -0.25) is 9.59 Å². The van der Waals surface area contributed by atoms with E-state index < -0.39 is 10.2 Å². The van der Waals surface area contributed by atoms with Crippen LogP contribution in [0.3, 0.4) is 0 Å². The molecule has 3 atom stereocenters. The normalized spacial score (nSPS) is 26.1. The summed E-state index contributed by atoms with van der Waals surface area (Å²) in [5.41, 5.74) is 2.06. The number of likely N-dealkylation sites (N-methyl/N-ethyl adjacent to an activating group) is 2. The van der Waals surface area contributed by atoms with E-state index in [0.717, 1.165) is 16.9 Å². The summed E-state index contributed by atoms with van der Waals surface area (Å²) in [5.74, 6) is 0.595. The van der Waals surface area contributed by atoms with E-state index in [-0.39, 0.29) is 23.0 Å². The molecule has 3 aliphatic rings. The third kappa shape index (κ3) is 3.68. The van der Waals surface area contributed by atoms with Crippen LogP contribution in [-0.2, 0) is 20.9 Å². The first-order chi connectivity index (χ1) is 14.5. The van der Waals surface area contributed by atoms with Crippen LogP contribution in [0.1, 0.15) is 15.7 Å². The minimum atomic E-state index is -1.11. The zero-order valence-electron chi connectivity index (χ0n) is 17.1. The molecule has 0 N–H and O–H groups in total. The van der Waals surface area contributed by atoms with Crippen molar-refractivity contribution in [2.75, 3.05) is 27.8 Å². The number of carbonyl (C=O) groups excluding carboxylic acids is 2. The molecule has 158 valence electrons. The number of carbonyl (C=O) groups is 2. The second kappa shape index (κ2) is 8.53. The molecule has 30 heavy (non-hydrogen) atoms. The fourth-order valence-electron chi connectivity index (χ4n) is 3.62. The smallest absolute Gasteiger partial charge is 0.262 e. The quantitative estimate of drug-likeness (QED) is 0.681. The SMILES string of the molecule is COc1ccc(C2SC3C(=O)N(C)C(COCc4ccccc4)(S2)C(=O)N3C)cc1. The Morgan fingerprint density at radius 3 is 2.40 bits per heavy atom. The maximum atomic E-state index is 13.4. The average molecular weight is 445 g/mol. The summed E-state index contributed by atoms with van der Waals surface area (Å²) in [6.07, 6.45) is 0. The zero-order chi connectivity index (χ0) is 21.3. The maximum Gasteiger partial charge on any atom is 0.262 e. The van der Waals surface area contributed by atoms with Gasteiger partial charge in [-0.2, -0.15) is 0 Å². The molecule has 0 aromatic heterocycles. The molecule has 0 saturated carbocycles. The molecule has 3 fully saturated rings. The molecule has 2 aromatic carbocycles. The lowest BCUT2D eigenvalue weighted by Crippen LogP contribution is -2.67. The second-order valence-electron chi connectivity index (χ2n) is 7.29. The Balaban J connectivity index is 1.63. The zero-order valence-corrected chi connectivity index (χ0v) is 18.7. The summed E-state index contributed by atoms with van der Waals surface area (Å²) < 4.78 is 11.2. The average Bonchev–Trinajstić information content (AvgIpc) is 2.96. The van der Waals surface area contributed by atoms with Crippen LogP contribution in [0, 0.1) is 0 Å². The summed E-state index contributed by atoms with van der Waals surface area (Å²) in [6.45, 7) is 0.504. The van der Waals surface area contributed by atoms with Crippen molar-refractivity contribution in [3.05, 3.63) is 65.7 Å². The van der Waals surface area contributed by atoms with Crippen LogP contribution >= 0.6 is 23.5 Å². The van der Waals surface area contributed by atoms with E-state index in [9.17, 15) is 9.59 Å². The highest BCUT2D eigenvalue weighted by atomic mass is 32.2. The summed E-state index contributed by atoms with van der Waals surface area (Å²) in [5, 5.41) is -0.549. The second-order valence-corrected chi connectivity index (χ2v) is 10.2. The van der Waals surface area contributed by atoms with E-state index in [1.807, 2.05) is 54.6 Å². The van der Waals surface area contributed by atoms with Gasteiger partial charge >= 0.3 is 0 Å². The van der Waals surface area contributed by atoms with Gasteiger partial charge in [0, 0.05) is 14.1 Å². The molecule has 5 rings (SSSR count). The van der Waals surface area contributed by atoms with E-state index in [2.05, 4.69) is 0 Å². The number of thioether (sulfide) groups is 2. The van der Waals surface area contributed by atoms with Crippen LogP contribution < -0.4 is 4.74 Å². The van der Waals surface area contributed by atoms with Crippen LogP contribution in [0.2, 0.25) is 0 Å². The lowest BCUT2D eigenvalue weighted by molar-refractivity contribution is -0.159. The molecular formula is C22H24N2O4S2. The first kappa shape index (κ1) is 21.1. The molecule has 0 spiro atoms. The Labute approximate surface area is 184 Å². The molecule has 8 heteroatoms. The largest absolute Gasteiger partial charge is 0.497 e. The Hall–Kier alpha value is -2.16. The first-order valence-electron chi connectivity index (χ1n) is 9.60. The van der Waals surface area contributed by atoms with Gasteiger partial charge in [0.25, 0.3) is 11.8 Å². The first-order valence-corrected chi connectivity index (χ1v) is 11.4. The van der Waals surface area contributed by atoms with Gasteiger partial charge in [0.1, 0.15) is 5.75 Å². The van der Waals surface area contributed by atoms with E-state index in [1.54, 1.807) is 31.0 Å². The molecule has 2 aromatic rings. The molecule has 0 aliphatic carbocycles. The lowest BCUT2D eigenvalue weighted by Gasteiger charge is -2.45. The molecule has 2 amide bonds. The molecule has 3 heterocycles. The fourth-order valence-corrected chi connectivity index (χ4v) is 7.03. The molecular weight excluding hydrogens is 420 g/mol. The highest BCUT2D eigenvalue weighted by molar-refractivity contribution is 8.18. The topological polar surface area (TPSA) is 59.1 Å². The van der Waals surface area contributed by atoms with Crippen molar-refractivity contribution in [3.8, 4) is 5.75 Å². The number of hydrogen-bond acceptors (Lipinski definition) is 6. The summed E-state index contributed by atoms with van der Waals surface area (Å²) in [6, 6.07) is 17.6. The Bertz CT molecular complexity index is 924. The van der Waals surface area contributed by atoms with Crippen LogP contribution in [0.4, 0.5) is 0 Å². The number of rotatable bonds is 6. The van der Waals surface area contributed by atoms with E-state index in [0.29, 0.717) is 6.61 Å². The van der Waals surface area contributed by atoms with Crippen molar-refractivity contribution in [1.82, 2.24) is 9.80 Å². The van der Waals surface area contributed by atoms with Gasteiger partial charge in [0.15, 0.2) is 10.2 Å². The van der Waals surface area contributed by atoms with E-state index in [4.69, 9.17) is 9.47 Å². The van der Waals surface area contributed by atoms with Gasteiger partial charge in [-0.05, 0) is 23.3 Å². The monoisotopic (exact) mass is 444 g/mol. The summed E-state index contributed by atoms with van der Waals surface area (Å²) >= 11 is 2.97. The molecule has 0 radical (unpaired) electrons. The van der Waals surface area contributed by atoms with Gasteiger partial charge in [-0.25, -0.2) is 0 Å². The van der Waals surface area contributed by atoms with Gasteiger partial charge in [-0.15, -0.1) is 23.5 Å². The summed E-state index contributed by atoms with van der Waals surface area (Å²) in [4.78, 5) is 28.5. The Kier molecular flexibility index (Phi) is 5.99. The van der Waals surface area contributed by atoms with Crippen LogP contribution in [0.5, 0.6) is 5.75 Å². The third-order valence-corrected chi connectivity index (χ3v) is 8.80. The minimum absolute atomic E-state index is 0.0751. The van der Waals surface area contributed by atoms with Crippen molar-refractivity contribution in [2.45, 2.75) is 21.4 Å². The number of hydrogen-bond donors (Lipinski definition) is 0. The number of piperazine rings is 1. The molecule has 3 unspecified atom stereocenters. The van der Waals surface area contributed by atoms with E-state index in [1.165, 1.54) is 23.5 Å². The number of benzene rings is 2. The van der Waals surface area contributed by atoms with Gasteiger partial charge in [0.2, 0.25) is 0 Å². The number of methoxy groups -OCH3 is 1. The number of nitrogens with zero attached hydrogens (tertiary/aromatic N) is 2. The minimum Gasteiger partial charge on any atom is -0.497 e. The van der Waals surface area contributed by atoms with Crippen molar-refractivity contribution >= 4 is 35.3 Å². The third-order valence-electron chi connectivity index (χ3n) is 5.44. The van der Waals surface area contributed by atoms with E-state index >= 15 is 0 Å². The van der Waals surface area contributed by atoms with Crippen molar-refractivity contribution < 1.29 is 19.1 Å². The molecule has 6 nitrogen and oxygen atoms in total. The number of ether oxygens (including phenoxy) is 2. The van der Waals surface area contributed by atoms with Gasteiger partial charge in [-0.1, -0.05) is 42.5 Å². The van der Waals surface area contributed by atoms with Crippen LogP contribution in [0.25, 0.3) is 0 Å². The molecule has 3 aliphatic heterocycles. The molecule has 3 saturated heterocycles. The van der Waals surface area contributed by atoms with Crippen LogP contribution in [-0.4, -0.2) is 59.7 Å². The van der Waals surface area contributed by atoms with Gasteiger partial charge < -0.3 is 19.3 Å². The molecule has 2 bridgehead atoms. The standard InChI is InChI=1S/C22H24N2O4S2/c1-23-19-18(25)24(2)22(21(23)26,14-28-13-15-7-5-4-6-8-15)30-20(29-19)16-9-11-17(27-3)12-10-16/h4-12,19-20H,13-14H2,1-3H3. The number of fused-ring (bicyclic) bond motifs is 4. The van der Waals surface area contributed by atoms with Gasteiger partial charge in [0.05, 0.1) is 24.9 Å². The van der Waals surface area contributed by atoms with Crippen molar-refractivity contribution in [3.63, 3.8) is 0 Å².